The van der Waals surface area contributed by atoms with Gasteiger partial charge in [0.05, 0.1) is 11.3 Å². The molecule has 0 amide bonds. The van der Waals surface area contributed by atoms with E-state index in [0.717, 1.165) is 45.0 Å². The molecule has 0 unspecified atom stereocenters. The third-order valence-electron chi connectivity index (χ3n) is 3.77. The van der Waals surface area contributed by atoms with Crippen LogP contribution in [0.5, 0.6) is 0 Å². The number of nitrogens with zero attached hydrogens (tertiary/aromatic N) is 3. The molecule has 0 saturated carbocycles. The van der Waals surface area contributed by atoms with Gasteiger partial charge in [-0.2, -0.15) is 0 Å². The first-order valence-corrected chi connectivity index (χ1v) is 7.50. The molecule has 5 nitrogen and oxygen atoms in total. The van der Waals surface area contributed by atoms with Gasteiger partial charge in [0.15, 0.2) is 0 Å². The number of anilines is 1. The first kappa shape index (κ1) is 16.1. The Hall–Kier alpha value is -1.30. The van der Waals surface area contributed by atoms with Crippen molar-refractivity contribution in [3.63, 3.8) is 0 Å². The molecule has 1 N–H and O–H groups in total. The van der Waals surface area contributed by atoms with Crippen LogP contribution in [-0.4, -0.2) is 74.2 Å². The van der Waals surface area contributed by atoms with Crippen LogP contribution in [0.4, 0.5) is 5.69 Å². The third kappa shape index (κ3) is 4.33. The highest BCUT2D eigenvalue weighted by Gasteiger charge is 2.21. The molecular formula is C15H22ClN3O2. The van der Waals surface area contributed by atoms with Gasteiger partial charge >= 0.3 is 5.97 Å². The normalized spacial score (nSPS) is 16.5. The van der Waals surface area contributed by atoms with Crippen molar-refractivity contribution in [2.45, 2.75) is 0 Å². The van der Waals surface area contributed by atoms with Crippen LogP contribution < -0.4 is 4.90 Å². The zero-order valence-electron chi connectivity index (χ0n) is 12.5. The van der Waals surface area contributed by atoms with Crippen LogP contribution in [0.1, 0.15) is 10.4 Å². The van der Waals surface area contributed by atoms with Gasteiger partial charge in [0.25, 0.3) is 0 Å². The lowest BCUT2D eigenvalue weighted by molar-refractivity contribution is 0.0697. The summed E-state index contributed by atoms with van der Waals surface area (Å²) in [5.74, 6) is -0.928. The summed E-state index contributed by atoms with van der Waals surface area (Å²) < 4.78 is 0. The summed E-state index contributed by atoms with van der Waals surface area (Å²) in [6.07, 6.45) is 0. The number of carbonyl (C=O) groups is 1. The SMILES string of the molecule is CN(C)CCN1CCN(c2ccc(Cl)cc2C(=O)O)CC1. The van der Waals surface area contributed by atoms with Crippen LogP contribution in [0, 0.1) is 0 Å². The minimum atomic E-state index is -0.928. The molecule has 1 aromatic carbocycles. The van der Waals surface area contributed by atoms with E-state index < -0.39 is 5.97 Å². The van der Waals surface area contributed by atoms with Crippen molar-refractivity contribution in [3.8, 4) is 0 Å². The predicted molar refractivity (Wildman–Crippen MR) is 85.6 cm³/mol. The molecule has 0 aliphatic carbocycles. The number of carboxylic acid groups (broad SMARTS) is 1. The molecule has 0 atom stereocenters. The summed E-state index contributed by atoms with van der Waals surface area (Å²) in [5.41, 5.74) is 1.04. The number of piperazine rings is 1. The fraction of sp³-hybridized carbons (Fsp3) is 0.533. The van der Waals surface area contributed by atoms with E-state index in [1.54, 1.807) is 12.1 Å². The van der Waals surface area contributed by atoms with Gasteiger partial charge in [0, 0.05) is 44.3 Å². The maximum Gasteiger partial charge on any atom is 0.337 e. The molecule has 1 heterocycles. The van der Waals surface area contributed by atoms with Crippen LogP contribution in [-0.2, 0) is 0 Å². The topological polar surface area (TPSA) is 47.0 Å². The molecule has 0 radical (unpaired) electrons. The number of hydrogen-bond donors (Lipinski definition) is 1. The lowest BCUT2D eigenvalue weighted by Crippen LogP contribution is -2.48. The van der Waals surface area contributed by atoms with Gasteiger partial charge in [-0.3, -0.25) is 4.90 Å². The fourth-order valence-electron chi connectivity index (χ4n) is 2.51. The molecule has 0 aromatic heterocycles. The van der Waals surface area contributed by atoms with Gasteiger partial charge < -0.3 is 14.9 Å². The largest absolute Gasteiger partial charge is 0.478 e. The maximum atomic E-state index is 11.4. The highest BCUT2D eigenvalue weighted by molar-refractivity contribution is 6.31. The second kappa shape index (κ2) is 7.11. The minimum absolute atomic E-state index is 0.282. The number of carboxylic acids is 1. The van der Waals surface area contributed by atoms with Crippen LogP contribution >= 0.6 is 11.6 Å². The average molecular weight is 312 g/mol. The van der Waals surface area contributed by atoms with Crippen molar-refractivity contribution < 1.29 is 9.90 Å². The Morgan fingerprint density at radius 1 is 1.29 bits per heavy atom. The molecule has 0 spiro atoms. The fourth-order valence-corrected chi connectivity index (χ4v) is 2.68. The number of likely N-dealkylation sites (N-methyl/N-ethyl adjacent to an activating group) is 1. The third-order valence-corrected chi connectivity index (χ3v) is 4.00. The van der Waals surface area contributed by atoms with E-state index in [9.17, 15) is 9.90 Å². The van der Waals surface area contributed by atoms with E-state index in [0.29, 0.717) is 5.02 Å². The number of aromatic carboxylic acids is 1. The van der Waals surface area contributed by atoms with Gasteiger partial charge in [-0.25, -0.2) is 4.79 Å². The summed E-state index contributed by atoms with van der Waals surface area (Å²) >= 11 is 5.90. The molecule has 21 heavy (non-hydrogen) atoms. The van der Waals surface area contributed by atoms with Crippen LogP contribution in [0.2, 0.25) is 5.02 Å². The van der Waals surface area contributed by atoms with Crippen molar-refractivity contribution in [1.29, 1.82) is 0 Å². The molecule has 1 aromatic rings. The van der Waals surface area contributed by atoms with Gasteiger partial charge in [-0.1, -0.05) is 11.6 Å². The van der Waals surface area contributed by atoms with E-state index in [1.165, 1.54) is 6.07 Å². The molecule has 1 aliphatic rings. The summed E-state index contributed by atoms with van der Waals surface area (Å²) in [6, 6.07) is 5.08. The summed E-state index contributed by atoms with van der Waals surface area (Å²) in [6.45, 7) is 5.68. The monoisotopic (exact) mass is 311 g/mol. The molecule has 2 rings (SSSR count). The predicted octanol–water partition coefficient (Wildman–Crippen LogP) is 1.72. The number of rotatable bonds is 5. The molecule has 6 heteroatoms. The van der Waals surface area contributed by atoms with E-state index in [1.807, 2.05) is 0 Å². The molecule has 1 fully saturated rings. The minimum Gasteiger partial charge on any atom is -0.478 e. The molecular weight excluding hydrogens is 290 g/mol. The van der Waals surface area contributed by atoms with Crippen molar-refractivity contribution in [2.75, 3.05) is 58.3 Å². The van der Waals surface area contributed by atoms with E-state index >= 15 is 0 Å². The van der Waals surface area contributed by atoms with Crippen molar-refractivity contribution in [1.82, 2.24) is 9.80 Å². The smallest absolute Gasteiger partial charge is 0.337 e. The van der Waals surface area contributed by atoms with Crippen molar-refractivity contribution in [3.05, 3.63) is 28.8 Å². The summed E-state index contributed by atoms with van der Waals surface area (Å²) in [4.78, 5) is 18.1. The molecule has 116 valence electrons. The zero-order valence-corrected chi connectivity index (χ0v) is 13.3. The van der Waals surface area contributed by atoms with Gasteiger partial charge in [0.2, 0.25) is 0 Å². The van der Waals surface area contributed by atoms with E-state index in [4.69, 9.17) is 11.6 Å². The Labute approximate surface area is 130 Å². The van der Waals surface area contributed by atoms with Gasteiger partial charge in [0.1, 0.15) is 0 Å². The maximum absolute atomic E-state index is 11.4. The Kier molecular flexibility index (Phi) is 5.45. The second-order valence-corrected chi connectivity index (χ2v) is 6.04. The molecule has 1 saturated heterocycles. The first-order chi connectivity index (χ1) is 9.97. The van der Waals surface area contributed by atoms with E-state index in [2.05, 4.69) is 28.8 Å². The number of halogens is 1. The second-order valence-electron chi connectivity index (χ2n) is 5.60. The highest BCUT2D eigenvalue weighted by Crippen LogP contribution is 2.25. The Morgan fingerprint density at radius 2 is 1.95 bits per heavy atom. The molecule has 0 bridgehead atoms. The number of hydrogen-bond acceptors (Lipinski definition) is 4. The average Bonchev–Trinajstić information content (AvgIpc) is 2.45. The first-order valence-electron chi connectivity index (χ1n) is 7.12. The standard InChI is InChI=1S/C15H22ClN3O2/c1-17(2)5-6-18-7-9-19(10-8-18)14-4-3-12(16)11-13(14)15(20)21/h3-4,11H,5-10H2,1-2H3,(H,20,21). The van der Waals surface area contributed by atoms with Crippen LogP contribution in [0.3, 0.4) is 0 Å². The highest BCUT2D eigenvalue weighted by atomic mass is 35.5. The van der Waals surface area contributed by atoms with E-state index in [-0.39, 0.29) is 5.56 Å². The Balaban J connectivity index is 2.01. The number of benzene rings is 1. The lowest BCUT2D eigenvalue weighted by Gasteiger charge is -2.37. The zero-order chi connectivity index (χ0) is 15.4. The Bertz CT molecular complexity index is 500. The van der Waals surface area contributed by atoms with Crippen LogP contribution in [0.25, 0.3) is 0 Å². The Morgan fingerprint density at radius 3 is 2.52 bits per heavy atom. The van der Waals surface area contributed by atoms with Gasteiger partial charge in [-0.15, -0.1) is 0 Å². The van der Waals surface area contributed by atoms with Crippen molar-refractivity contribution in [2.24, 2.45) is 0 Å². The quantitative estimate of drug-likeness (QED) is 0.897. The lowest BCUT2D eigenvalue weighted by atomic mass is 10.1. The van der Waals surface area contributed by atoms with Crippen molar-refractivity contribution >= 4 is 23.3 Å². The van der Waals surface area contributed by atoms with Gasteiger partial charge in [-0.05, 0) is 32.3 Å². The molecule has 1 aliphatic heterocycles. The van der Waals surface area contributed by atoms with Crippen LogP contribution in [0.15, 0.2) is 18.2 Å². The summed E-state index contributed by atoms with van der Waals surface area (Å²) in [7, 11) is 4.15. The summed E-state index contributed by atoms with van der Waals surface area (Å²) in [5, 5.41) is 9.78.